The number of aliphatic carboxylic acids is 1. The first-order valence-corrected chi connectivity index (χ1v) is 9.97. The molecule has 30 heavy (non-hydrogen) atoms. The maximum Gasteiger partial charge on any atom is 0.328 e. The minimum absolute atomic E-state index is 0.00293. The molecule has 0 saturated heterocycles. The molecule has 160 valence electrons. The molecule has 0 spiro atoms. The van der Waals surface area contributed by atoms with E-state index in [0.717, 1.165) is 18.1 Å². The number of Topliss-reactive ketones (excluding diaryl/α,β-unsaturated/α-hetero) is 1. The summed E-state index contributed by atoms with van der Waals surface area (Å²) in [5.41, 5.74) is 1.70. The van der Waals surface area contributed by atoms with Gasteiger partial charge in [-0.25, -0.2) is 4.79 Å². The van der Waals surface area contributed by atoms with Crippen molar-refractivity contribution in [3.63, 3.8) is 0 Å². The van der Waals surface area contributed by atoms with Crippen molar-refractivity contribution in [3.05, 3.63) is 59.2 Å². The molecule has 6 nitrogen and oxygen atoms in total. The summed E-state index contributed by atoms with van der Waals surface area (Å²) in [6.45, 7) is 6.24. The molecule has 0 radical (unpaired) electrons. The Morgan fingerprint density at radius 1 is 1.13 bits per heavy atom. The maximum absolute atomic E-state index is 11.7. The summed E-state index contributed by atoms with van der Waals surface area (Å²) < 4.78 is 11.6. The summed E-state index contributed by atoms with van der Waals surface area (Å²) in [5.74, 6) is 0.0861. The lowest BCUT2D eigenvalue weighted by Gasteiger charge is -2.19. The average molecular weight is 412 g/mol. The second kappa shape index (κ2) is 11.0. The van der Waals surface area contributed by atoms with Gasteiger partial charge in [-0.15, -0.1) is 0 Å². The van der Waals surface area contributed by atoms with Crippen LogP contribution in [0.1, 0.15) is 61.0 Å². The van der Waals surface area contributed by atoms with Gasteiger partial charge in [0.2, 0.25) is 0 Å². The molecule has 1 atom stereocenters. The summed E-state index contributed by atoms with van der Waals surface area (Å²) in [5, 5.41) is 19.2. The smallest absolute Gasteiger partial charge is 0.328 e. The number of ether oxygens (including phenoxy) is 2. The topological polar surface area (TPSA) is 93.1 Å². The number of ketones is 1. The van der Waals surface area contributed by atoms with Crippen LogP contribution in [-0.2, 0) is 4.79 Å². The first-order valence-electron chi connectivity index (χ1n) is 9.97. The minimum atomic E-state index is -1.00. The van der Waals surface area contributed by atoms with Crippen molar-refractivity contribution in [2.24, 2.45) is 0 Å². The van der Waals surface area contributed by atoms with Gasteiger partial charge in [0.25, 0.3) is 0 Å². The number of carboxylic acid groups (broad SMARTS) is 1. The predicted molar refractivity (Wildman–Crippen MR) is 116 cm³/mol. The Bertz CT molecular complexity index is 916. The first kappa shape index (κ1) is 23.0. The fourth-order valence-corrected chi connectivity index (χ4v) is 2.99. The van der Waals surface area contributed by atoms with Crippen LogP contribution in [-0.4, -0.2) is 35.2 Å². The third kappa shape index (κ3) is 6.37. The zero-order chi connectivity index (χ0) is 22.1. The number of phenolic OH excluding ortho intramolecular Hbond substituents is 1. The lowest BCUT2D eigenvalue weighted by molar-refractivity contribution is -0.131. The van der Waals surface area contributed by atoms with Crippen LogP contribution in [0.4, 0.5) is 0 Å². The molecule has 0 aliphatic heterocycles. The van der Waals surface area contributed by atoms with E-state index < -0.39 is 5.97 Å². The van der Waals surface area contributed by atoms with Crippen molar-refractivity contribution in [1.82, 2.24) is 0 Å². The molecule has 6 heteroatoms. The van der Waals surface area contributed by atoms with Gasteiger partial charge in [-0.2, -0.15) is 0 Å². The number of hydrogen-bond donors (Lipinski definition) is 2. The summed E-state index contributed by atoms with van der Waals surface area (Å²) in [4.78, 5) is 22.3. The zero-order valence-electron chi connectivity index (χ0n) is 17.6. The van der Waals surface area contributed by atoms with Crippen LogP contribution in [0.15, 0.2) is 42.5 Å². The normalized spacial score (nSPS) is 12.0. The predicted octanol–water partition coefficient (Wildman–Crippen LogP) is 5.05. The molecule has 0 saturated carbocycles. The molecule has 2 rings (SSSR count). The molecule has 2 aromatic rings. The van der Waals surface area contributed by atoms with Gasteiger partial charge >= 0.3 is 5.97 Å². The van der Waals surface area contributed by atoms with E-state index in [4.69, 9.17) is 14.6 Å². The molecular weight excluding hydrogens is 384 g/mol. The van der Waals surface area contributed by atoms with Crippen LogP contribution in [0.2, 0.25) is 0 Å². The molecule has 0 aliphatic carbocycles. The quantitative estimate of drug-likeness (QED) is 0.305. The van der Waals surface area contributed by atoms with Crippen molar-refractivity contribution in [3.8, 4) is 17.2 Å². The fraction of sp³-hybridized carbons (Fsp3) is 0.333. The number of carbonyl (C=O) groups is 2. The second-order valence-electron chi connectivity index (χ2n) is 7.03. The van der Waals surface area contributed by atoms with Gasteiger partial charge in [-0.1, -0.05) is 26.0 Å². The van der Waals surface area contributed by atoms with Gasteiger partial charge in [-0.3, -0.25) is 4.79 Å². The number of carbonyl (C=O) groups excluding carboxylic acids is 1. The van der Waals surface area contributed by atoms with Crippen molar-refractivity contribution in [2.75, 3.05) is 13.2 Å². The molecule has 0 heterocycles. The number of rotatable bonds is 11. The van der Waals surface area contributed by atoms with E-state index in [-0.39, 0.29) is 17.5 Å². The SMILES string of the molecule is CCC(C)c1c(OCCCOc2cccc(C=CC(=O)O)c2)ccc(C(C)=O)c1O. The Labute approximate surface area is 176 Å². The third-order valence-corrected chi connectivity index (χ3v) is 4.75. The van der Waals surface area contributed by atoms with E-state index >= 15 is 0 Å². The van der Waals surface area contributed by atoms with Gasteiger partial charge < -0.3 is 19.7 Å². The molecule has 0 bridgehead atoms. The summed E-state index contributed by atoms with van der Waals surface area (Å²) in [7, 11) is 0. The van der Waals surface area contributed by atoms with Crippen molar-refractivity contribution < 1.29 is 29.3 Å². The summed E-state index contributed by atoms with van der Waals surface area (Å²) >= 11 is 0. The monoisotopic (exact) mass is 412 g/mol. The second-order valence-corrected chi connectivity index (χ2v) is 7.03. The van der Waals surface area contributed by atoms with E-state index in [1.807, 2.05) is 13.8 Å². The largest absolute Gasteiger partial charge is 0.507 e. The molecule has 1 unspecified atom stereocenters. The zero-order valence-corrected chi connectivity index (χ0v) is 17.6. The van der Waals surface area contributed by atoms with Crippen molar-refractivity contribution in [2.45, 2.75) is 39.5 Å². The van der Waals surface area contributed by atoms with E-state index in [2.05, 4.69) is 0 Å². The Kier molecular flexibility index (Phi) is 8.47. The summed E-state index contributed by atoms with van der Waals surface area (Å²) in [6.07, 6.45) is 4.01. The lowest BCUT2D eigenvalue weighted by Crippen LogP contribution is -2.08. The van der Waals surface area contributed by atoms with Crippen LogP contribution in [0.25, 0.3) is 6.08 Å². The van der Waals surface area contributed by atoms with E-state index in [9.17, 15) is 14.7 Å². The average Bonchev–Trinajstić information content (AvgIpc) is 2.71. The maximum atomic E-state index is 11.7. The number of hydrogen-bond acceptors (Lipinski definition) is 5. The number of carboxylic acids is 1. The number of benzene rings is 2. The highest BCUT2D eigenvalue weighted by Gasteiger charge is 2.20. The van der Waals surface area contributed by atoms with Gasteiger partial charge in [0.1, 0.15) is 17.2 Å². The van der Waals surface area contributed by atoms with Gasteiger partial charge in [-0.05, 0) is 55.2 Å². The van der Waals surface area contributed by atoms with E-state index in [1.54, 1.807) is 36.4 Å². The Hall–Kier alpha value is -3.28. The van der Waals surface area contributed by atoms with Gasteiger partial charge in [0.15, 0.2) is 5.78 Å². The van der Waals surface area contributed by atoms with E-state index in [0.29, 0.717) is 42.3 Å². The molecule has 0 fully saturated rings. The first-order chi connectivity index (χ1) is 14.3. The highest BCUT2D eigenvalue weighted by Crippen LogP contribution is 2.38. The number of phenols is 1. The Morgan fingerprint density at radius 2 is 1.87 bits per heavy atom. The highest BCUT2D eigenvalue weighted by molar-refractivity contribution is 5.97. The molecular formula is C24H28O6. The molecule has 2 aromatic carbocycles. The molecule has 0 amide bonds. The van der Waals surface area contributed by atoms with Crippen LogP contribution in [0.5, 0.6) is 17.2 Å². The van der Waals surface area contributed by atoms with Gasteiger partial charge in [0, 0.05) is 18.1 Å². The summed E-state index contributed by atoms with van der Waals surface area (Å²) in [6, 6.07) is 10.5. The highest BCUT2D eigenvalue weighted by atomic mass is 16.5. The lowest BCUT2D eigenvalue weighted by atomic mass is 9.93. The van der Waals surface area contributed by atoms with E-state index in [1.165, 1.54) is 13.0 Å². The standard InChI is InChI=1S/C24H28O6/c1-4-16(2)23-21(11-10-20(17(3)25)24(23)28)30-14-6-13-29-19-8-5-7-18(15-19)9-12-22(26)27/h5,7-12,15-16,28H,4,6,13-14H2,1-3H3,(H,26,27). The van der Waals surface area contributed by atoms with Crippen LogP contribution in [0, 0.1) is 0 Å². The van der Waals surface area contributed by atoms with Crippen LogP contribution < -0.4 is 9.47 Å². The third-order valence-electron chi connectivity index (χ3n) is 4.75. The van der Waals surface area contributed by atoms with Crippen LogP contribution >= 0.6 is 0 Å². The van der Waals surface area contributed by atoms with Crippen molar-refractivity contribution >= 4 is 17.8 Å². The molecule has 2 N–H and O–H groups in total. The fourth-order valence-electron chi connectivity index (χ4n) is 2.99. The van der Waals surface area contributed by atoms with Gasteiger partial charge in [0.05, 0.1) is 18.8 Å². The Balaban J connectivity index is 1.95. The minimum Gasteiger partial charge on any atom is -0.507 e. The molecule has 0 aliphatic rings. The Morgan fingerprint density at radius 3 is 2.53 bits per heavy atom. The molecule has 0 aromatic heterocycles. The number of aromatic hydroxyl groups is 1. The van der Waals surface area contributed by atoms with Crippen molar-refractivity contribution in [1.29, 1.82) is 0 Å². The van der Waals surface area contributed by atoms with Crippen LogP contribution in [0.3, 0.4) is 0 Å².